The topological polar surface area (TPSA) is 108 Å². The number of rotatable bonds is 13. The molecule has 1 unspecified atom stereocenters. The highest BCUT2D eigenvalue weighted by molar-refractivity contribution is 7.89. The molecular formula is C20H32N2O5S. The molecule has 1 aliphatic rings. The van der Waals surface area contributed by atoms with E-state index < -0.39 is 16.0 Å². The third-order valence-corrected chi connectivity index (χ3v) is 6.27. The molecule has 2 rings (SSSR count). The van der Waals surface area contributed by atoms with Crippen LogP contribution in [0.1, 0.15) is 56.2 Å². The largest absolute Gasteiger partial charge is 0.493 e. The van der Waals surface area contributed by atoms with Gasteiger partial charge in [0.2, 0.25) is 10.0 Å². The number of hydrogen-bond acceptors (Lipinski definition) is 6. The molecule has 1 saturated carbocycles. The van der Waals surface area contributed by atoms with Crippen molar-refractivity contribution in [2.75, 3.05) is 25.5 Å². The summed E-state index contributed by atoms with van der Waals surface area (Å²) in [5.74, 6) is 1.08. The molecule has 1 aromatic carbocycles. The minimum Gasteiger partial charge on any atom is -0.493 e. The van der Waals surface area contributed by atoms with Gasteiger partial charge in [0.05, 0.1) is 25.5 Å². The summed E-state index contributed by atoms with van der Waals surface area (Å²) in [7, 11) is -3.39. The number of esters is 1. The van der Waals surface area contributed by atoms with E-state index in [0.717, 1.165) is 23.5 Å². The van der Waals surface area contributed by atoms with Gasteiger partial charge in [-0.2, -0.15) is 0 Å². The normalized spacial score (nSPS) is 15.2. The van der Waals surface area contributed by atoms with Gasteiger partial charge >= 0.3 is 5.97 Å². The van der Waals surface area contributed by atoms with E-state index in [9.17, 15) is 13.2 Å². The van der Waals surface area contributed by atoms with Crippen molar-refractivity contribution in [1.82, 2.24) is 4.72 Å². The van der Waals surface area contributed by atoms with Crippen LogP contribution in [0.4, 0.5) is 0 Å². The van der Waals surface area contributed by atoms with E-state index in [1.165, 1.54) is 12.8 Å². The van der Waals surface area contributed by atoms with E-state index in [1.807, 2.05) is 32.0 Å². The summed E-state index contributed by atoms with van der Waals surface area (Å²) in [5.41, 5.74) is 7.08. The van der Waals surface area contributed by atoms with Crippen LogP contribution >= 0.6 is 0 Å². The molecule has 0 bridgehead atoms. The summed E-state index contributed by atoms with van der Waals surface area (Å²) in [5, 5.41) is 0. The molecule has 1 aromatic rings. The molecule has 8 heteroatoms. The lowest BCUT2D eigenvalue weighted by Crippen LogP contribution is -2.29. The summed E-state index contributed by atoms with van der Waals surface area (Å²) in [6, 6.07) is 5.49. The second-order valence-electron chi connectivity index (χ2n) is 7.42. The van der Waals surface area contributed by atoms with E-state index in [-0.39, 0.29) is 24.9 Å². The first-order valence-corrected chi connectivity index (χ1v) is 11.5. The Morgan fingerprint density at radius 3 is 2.71 bits per heavy atom. The first kappa shape index (κ1) is 22.6. The third kappa shape index (κ3) is 8.16. The molecule has 1 aliphatic carbocycles. The maximum absolute atomic E-state index is 12.3. The molecule has 0 amide bonds. The molecule has 0 aliphatic heterocycles. The summed E-state index contributed by atoms with van der Waals surface area (Å²) in [6.45, 7) is 4.69. The highest BCUT2D eigenvalue weighted by Crippen LogP contribution is 2.31. The Morgan fingerprint density at radius 1 is 1.29 bits per heavy atom. The second kappa shape index (κ2) is 10.8. The van der Waals surface area contributed by atoms with Gasteiger partial charge in [-0.05, 0) is 69.1 Å². The fourth-order valence-corrected chi connectivity index (χ4v) is 4.12. The molecule has 0 saturated heterocycles. The van der Waals surface area contributed by atoms with Crippen LogP contribution in [-0.4, -0.2) is 39.9 Å². The molecule has 3 N–H and O–H groups in total. The van der Waals surface area contributed by atoms with Gasteiger partial charge in [-0.15, -0.1) is 0 Å². The first-order valence-electron chi connectivity index (χ1n) is 9.90. The number of nitrogens with one attached hydrogen (secondary N) is 1. The van der Waals surface area contributed by atoms with E-state index in [4.69, 9.17) is 15.2 Å². The van der Waals surface area contributed by atoms with E-state index in [1.54, 1.807) is 0 Å². The van der Waals surface area contributed by atoms with Gasteiger partial charge in [0.15, 0.2) is 0 Å². The van der Waals surface area contributed by atoms with Crippen molar-refractivity contribution in [1.29, 1.82) is 0 Å². The number of aryl methyl sites for hydroxylation is 1. The number of unbranched alkanes of at least 4 members (excludes halogenated alkanes) is 2. The van der Waals surface area contributed by atoms with Crippen molar-refractivity contribution in [2.45, 2.75) is 52.0 Å². The van der Waals surface area contributed by atoms with Crippen molar-refractivity contribution in [3.63, 3.8) is 0 Å². The highest BCUT2D eigenvalue weighted by Gasteiger charge is 2.22. The molecule has 158 valence electrons. The van der Waals surface area contributed by atoms with Crippen LogP contribution in [0.25, 0.3) is 0 Å². The maximum Gasteiger partial charge on any atom is 0.319 e. The Morgan fingerprint density at radius 2 is 2.04 bits per heavy atom. The van der Waals surface area contributed by atoms with Crippen LogP contribution in [-0.2, 0) is 19.6 Å². The first-order chi connectivity index (χ1) is 13.3. The average molecular weight is 413 g/mol. The minimum absolute atomic E-state index is 0.0407. The fourth-order valence-electron chi connectivity index (χ4n) is 2.75. The zero-order valence-corrected chi connectivity index (χ0v) is 17.6. The SMILES string of the molecule is Cc1ccc(C(C)NS(=O)(=O)CCCCCOC(=O)CN)cc1OCC1CC1. The Balaban J connectivity index is 1.77. The number of carbonyl (C=O) groups excluding carboxylic acids is 1. The van der Waals surface area contributed by atoms with Crippen LogP contribution in [0.5, 0.6) is 5.75 Å². The minimum atomic E-state index is -3.39. The molecule has 0 aromatic heterocycles. The van der Waals surface area contributed by atoms with Crippen LogP contribution < -0.4 is 15.2 Å². The Kier molecular flexibility index (Phi) is 8.72. The predicted molar refractivity (Wildman–Crippen MR) is 109 cm³/mol. The summed E-state index contributed by atoms with van der Waals surface area (Å²) >= 11 is 0. The van der Waals surface area contributed by atoms with E-state index >= 15 is 0 Å². The Hall–Kier alpha value is -1.64. The quantitative estimate of drug-likeness (QED) is 0.381. The second-order valence-corrected chi connectivity index (χ2v) is 9.30. The maximum atomic E-state index is 12.3. The number of benzene rings is 1. The molecule has 0 heterocycles. The standard InChI is InChI=1S/C20H32N2O5S/c1-15-6-9-18(12-19(15)27-14-17-7-8-17)16(2)22-28(24,25)11-5-3-4-10-26-20(23)13-21/h6,9,12,16-17,22H,3-5,7-8,10-11,13-14,21H2,1-2H3. The molecule has 7 nitrogen and oxygen atoms in total. The summed E-state index contributed by atoms with van der Waals surface area (Å²) in [6.07, 6.45) is 4.24. The van der Waals surface area contributed by atoms with Crippen molar-refractivity contribution >= 4 is 16.0 Å². The average Bonchev–Trinajstić information content (AvgIpc) is 3.47. The van der Waals surface area contributed by atoms with Gasteiger partial charge in [0.25, 0.3) is 0 Å². The zero-order chi connectivity index (χ0) is 20.6. The number of hydrogen-bond donors (Lipinski definition) is 2. The Bertz CT molecular complexity index is 747. The molecule has 0 radical (unpaired) electrons. The zero-order valence-electron chi connectivity index (χ0n) is 16.8. The van der Waals surface area contributed by atoms with Gasteiger partial charge in [0, 0.05) is 6.04 Å². The van der Waals surface area contributed by atoms with Gasteiger partial charge in [-0.25, -0.2) is 13.1 Å². The molecule has 0 spiro atoms. The lowest BCUT2D eigenvalue weighted by Gasteiger charge is -2.17. The highest BCUT2D eigenvalue weighted by atomic mass is 32.2. The van der Waals surface area contributed by atoms with Crippen molar-refractivity contribution in [3.8, 4) is 5.75 Å². The van der Waals surface area contributed by atoms with E-state index in [2.05, 4.69) is 4.72 Å². The van der Waals surface area contributed by atoms with Gasteiger partial charge < -0.3 is 15.2 Å². The van der Waals surface area contributed by atoms with Crippen LogP contribution in [0.2, 0.25) is 0 Å². The number of ether oxygens (including phenoxy) is 2. The number of sulfonamides is 1. The van der Waals surface area contributed by atoms with Crippen LogP contribution in [0.15, 0.2) is 18.2 Å². The summed E-state index contributed by atoms with van der Waals surface area (Å²) in [4.78, 5) is 10.9. The van der Waals surface area contributed by atoms with Crippen molar-refractivity contribution in [3.05, 3.63) is 29.3 Å². The van der Waals surface area contributed by atoms with E-state index in [0.29, 0.717) is 25.2 Å². The molecule has 1 fully saturated rings. The van der Waals surface area contributed by atoms with Crippen molar-refractivity contribution in [2.24, 2.45) is 11.7 Å². The van der Waals surface area contributed by atoms with Gasteiger partial charge in [-0.3, -0.25) is 4.79 Å². The number of nitrogens with two attached hydrogens (primary N) is 1. The predicted octanol–water partition coefficient (Wildman–Crippen LogP) is 2.44. The third-order valence-electron chi connectivity index (χ3n) is 4.73. The fraction of sp³-hybridized carbons (Fsp3) is 0.650. The number of carbonyl (C=O) groups is 1. The van der Waals surface area contributed by atoms with Crippen molar-refractivity contribution < 1.29 is 22.7 Å². The molecule has 28 heavy (non-hydrogen) atoms. The van der Waals surface area contributed by atoms with Gasteiger partial charge in [0.1, 0.15) is 5.75 Å². The smallest absolute Gasteiger partial charge is 0.319 e. The van der Waals surface area contributed by atoms with Crippen LogP contribution in [0.3, 0.4) is 0 Å². The lowest BCUT2D eigenvalue weighted by molar-refractivity contribution is -0.142. The summed E-state index contributed by atoms with van der Waals surface area (Å²) < 4.78 is 38.1. The Labute approximate surface area is 168 Å². The lowest BCUT2D eigenvalue weighted by atomic mass is 10.1. The molecular weight excluding hydrogens is 380 g/mol. The van der Waals surface area contributed by atoms with Crippen LogP contribution in [0, 0.1) is 12.8 Å². The van der Waals surface area contributed by atoms with Gasteiger partial charge in [-0.1, -0.05) is 12.1 Å². The monoisotopic (exact) mass is 412 g/mol. The molecule has 1 atom stereocenters.